The van der Waals surface area contributed by atoms with Gasteiger partial charge >= 0.3 is 0 Å². The zero-order valence-electron chi connectivity index (χ0n) is 15.1. The number of para-hydroxylation sites is 2. The number of imidazole rings is 1. The van der Waals surface area contributed by atoms with Gasteiger partial charge in [-0.15, -0.1) is 0 Å². The molecule has 1 amide bonds. The first kappa shape index (κ1) is 16.8. The van der Waals surface area contributed by atoms with Crippen LogP contribution in [0.15, 0.2) is 30.3 Å². The van der Waals surface area contributed by atoms with Crippen molar-refractivity contribution in [3.05, 3.63) is 47.5 Å². The standard InChI is InChI=1S/C19H23N5O2/c1-13-20-16-7-3-4-8-18(16)24(13)11-14-10-17(22-21-14)19(25)23-9-5-6-15(12-23)26-2/h3-4,7-8,10,15H,5-6,9,11-12H2,1-2H3,(H,21,22)/t15-/m1/s1. The Kier molecular flexibility index (Phi) is 4.46. The fourth-order valence-corrected chi connectivity index (χ4v) is 3.60. The number of hydrogen-bond acceptors (Lipinski definition) is 4. The minimum absolute atomic E-state index is 0.0403. The number of aromatic nitrogens is 4. The molecule has 136 valence electrons. The Hall–Kier alpha value is -2.67. The number of hydrogen-bond donors (Lipinski definition) is 1. The van der Waals surface area contributed by atoms with Crippen LogP contribution in [0, 0.1) is 6.92 Å². The van der Waals surface area contributed by atoms with Crippen molar-refractivity contribution in [3.8, 4) is 0 Å². The first-order valence-corrected chi connectivity index (χ1v) is 8.94. The molecule has 1 aliphatic heterocycles. The lowest BCUT2D eigenvalue weighted by atomic mass is 10.1. The Morgan fingerprint density at radius 3 is 3.08 bits per heavy atom. The van der Waals surface area contributed by atoms with E-state index in [0.29, 0.717) is 18.8 Å². The van der Waals surface area contributed by atoms with Crippen molar-refractivity contribution < 1.29 is 9.53 Å². The number of fused-ring (bicyclic) bond motifs is 1. The zero-order valence-corrected chi connectivity index (χ0v) is 15.1. The maximum Gasteiger partial charge on any atom is 0.274 e. The third-order valence-electron chi connectivity index (χ3n) is 5.02. The van der Waals surface area contributed by atoms with Crippen LogP contribution >= 0.6 is 0 Å². The summed E-state index contributed by atoms with van der Waals surface area (Å²) in [5.41, 5.74) is 3.39. The molecule has 1 fully saturated rings. The topological polar surface area (TPSA) is 76.0 Å². The summed E-state index contributed by atoms with van der Waals surface area (Å²) in [7, 11) is 1.70. The highest BCUT2D eigenvalue weighted by molar-refractivity contribution is 5.92. The number of amides is 1. The lowest BCUT2D eigenvalue weighted by Gasteiger charge is -2.31. The smallest absolute Gasteiger partial charge is 0.274 e. The van der Waals surface area contributed by atoms with E-state index in [1.54, 1.807) is 7.11 Å². The summed E-state index contributed by atoms with van der Waals surface area (Å²) < 4.78 is 7.53. The molecule has 1 atom stereocenters. The second-order valence-corrected chi connectivity index (χ2v) is 6.76. The van der Waals surface area contributed by atoms with Crippen LogP contribution in [-0.4, -0.2) is 56.9 Å². The highest BCUT2D eigenvalue weighted by atomic mass is 16.5. The van der Waals surface area contributed by atoms with Gasteiger partial charge in [0.05, 0.1) is 29.4 Å². The van der Waals surface area contributed by atoms with E-state index in [0.717, 1.165) is 41.9 Å². The Morgan fingerprint density at radius 1 is 1.38 bits per heavy atom. The highest BCUT2D eigenvalue weighted by Gasteiger charge is 2.25. The van der Waals surface area contributed by atoms with Crippen molar-refractivity contribution in [2.45, 2.75) is 32.4 Å². The van der Waals surface area contributed by atoms with E-state index in [9.17, 15) is 4.79 Å². The Bertz CT molecular complexity index is 929. The molecular weight excluding hydrogens is 330 g/mol. The second kappa shape index (κ2) is 6.92. The van der Waals surface area contributed by atoms with Gasteiger partial charge in [0, 0.05) is 20.2 Å². The van der Waals surface area contributed by atoms with Gasteiger partial charge in [-0.2, -0.15) is 5.10 Å². The molecule has 0 unspecified atom stereocenters. The van der Waals surface area contributed by atoms with Gasteiger partial charge in [-0.25, -0.2) is 4.98 Å². The van der Waals surface area contributed by atoms with Gasteiger partial charge in [-0.3, -0.25) is 9.89 Å². The SMILES string of the molecule is CO[C@@H]1CCCN(C(=O)c2cc(Cn3c(C)nc4ccccc43)[nH]n2)C1. The number of rotatable bonds is 4. The van der Waals surface area contributed by atoms with Gasteiger partial charge in [0.1, 0.15) is 11.5 Å². The van der Waals surface area contributed by atoms with Crippen LogP contribution in [0.1, 0.15) is 34.8 Å². The number of H-pyrrole nitrogens is 1. The number of methoxy groups -OCH3 is 1. The average molecular weight is 353 g/mol. The molecular formula is C19H23N5O2. The lowest BCUT2D eigenvalue weighted by Crippen LogP contribution is -2.43. The van der Waals surface area contributed by atoms with E-state index in [1.807, 2.05) is 36.1 Å². The maximum atomic E-state index is 12.7. The Morgan fingerprint density at radius 2 is 2.23 bits per heavy atom. The van der Waals surface area contributed by atoms with Crippen LogP contribution in [0.4, 0.5) is 0 Å². The third-order valence-corrected chi connectivity index (χ3v) is 5.02. The molecule has 0 aliphatic carbocycles. The van der Waals surface area contributed by atoms with Crippen LogP contribution < -0.4 is 0 Å². The van der Waals surface area contributed by atoms with Crippen LogP contribution in [-0.2, 0) is 11.3 Å². The largest absolute Gasteiger partial charge is 0.380 e. The molecule has 7 heteroatoms. The number of likely N-dealkylation sites (tertiary alicyclic amines) is 1. The molecule has 0 bridgehead atoms. The van der Waals surface area contributed by atoms with Crippen molar-refractivity contribution in [2.24, 2.45) is 0 Å². The number of ether oxygens (including phenoxy) is 1. The average Bonchev–Trinajstić information content (AvgIpc) is 3.26. The molecule has 1 aromatic carbocycles. The van der Waals surface area contributed by atoms with Crippen molar-refractivity contribution >= 4 is 16.9 Å². The predicted octanol–water partition coefficient (Wildman–Crippen LogP) is 2.37. The van der Waals surface area contributed by atoms with Gasteiger partial charge in [0.25, 0.3) is 5.91 Å². The Labute approximate surface area is 152 Å². The molecule has 3 heterocycles. The molecule has 2 aromatic heterocycles. The van der Waals surface area contributed by atoms with Crippen molar-refractivity contribution in [2.75, 3.05) is 20.2 Å². The summed E-state index contributed by atoms with van der Waals surface area (Å²) >= 11 is 0. The van der Waals surface area contributed by atoms with Crippen molar-refractivity contribution in [1.29, 1.82) is 0 Å². The number of nitrogens with one attached hydrogen (secondary N) is 1. The number of aryl methyl sites for hydroxylation is 1. The Balaban J connectivity index is 1.52. The number of piperidine rings is 1. The predicted molar refractivity (Wildman–Crippen MR) is 98.1 cm³/mol. The van der Waals surface area contributed by atoms with E-state index in [2.05, 4.69) is 25.8 Å². The maximum absolute atomic E-state index is 12.7. The highest BCUT2D eigenvalue weighted by Crippen LogP contribution is 2.18. The molecule has 0 spiro atoms. The van der Waals surface area contributed by atoms with Crippen molar-refractivity contribution in [3.63, 3.8) is 0 Å². The van der Waals surface area contributed by atoms with Gasteiger partial charge < -0.3 is 14.2 Å². The molecule has 0 saturated carbocycles. The molecule has 7 nitrogen and oxygen atoms in total. The zero-order chi connectivity index (χ0) is 18.1. The number of nitrogens with zero attached hydrogens (tertiary/aromatic N) is 4. The summed E-state index contributed by atoms with van der Waals surface area (Å²) in [5, 5.41) is 7.25. The fourth-order valence-electron chi connectivity index (χ4n) is 3.60. The van der Waals surface area contributed by atoms with E-state index in [4.69, 9.17) is 4.74 Å². The normalized spacial score (nSPS) is 17.8. The molecule has 3 aromatic rings. The number of carbonyl (C=O) groups excluding carboxylic acids is 1. The van der Waals surface area contributed by atoms with E-state index >= 15 is 0 Å². The number of benzene rings is 1. The van der Waals surface area contributed by atoms with Crippen LogP contribution in [0.2, 0.25) is 0 Å². The lowest BCUT2D eigenvalue weighted by molar-refractivity contribution is 0.0265. The monoisotopic (exact) mass is 353 g/mol. The third kappa shape index (κ3) is 3.10. The first-order chi connectivity index (χ1) is 12.7. The summed E-state index contributed by atoms with van der Waals surface area (Å²) in [4.78, 5) is 19.1. The van der Waals surface area contributed by atoms with Gasteiger partial charge in [0.15, 0.2) is 0 Å². The molecule has 1 N–H and O–H groups in total. The number of aromatic amines is 1. The van der Waals surface area contributed by atoms with Gasteiger partial charge in [-0.1, -0.05) is 12.1 Å². The molecule has 1 aliphatic rings. The quantitative estimate of drug-likeness (QED) is 0.781. The van der Waals surface area contributed by atoms with Crippen molar-refractivity contribution in [1.82, 2.24) is 24.6 Å². The minimum Gasteiger partial charge on any atom is -0.380 e. The summed E-state index contributed by atoms with van der Waals surface area (Å²) in [5.74, 6) is 0.897. The summed E-state index contributed by atoms with van der Waals surface area (Å²) in [6.07, 6.45) is 2.08. The van der Waals surface area contributed by atoms with Crippen LogP contribution in [0.5, 0.6) is 0 Å². The van der Waals surface area contributed by atoms with Gasteiger partial charge in [-0.05, 0) is 38.0 Å². The second-order valence-electron chi connectivity index (χ2n) is 6.76. The fraction of sp³-hybridized carbons (Fsp3) is 0.421. The molecule has 0 radical (unpaired) electrons. The molecule has 1 saturated heterocycles. The molecule has 26 heavy (non-hydrogen) atoms. The number of carbonyl (C=O) groups is 1. The van der Waals surface area contributed by atoms with Crippen LogP contribution in [0.3, 0.4) is 0 Å². The molecule has 4 rings (SSSR count). The van der Waals surface area contributed by atoms with Gasteiger partial charge in [0.2, 0.25) is 0 Å². The van der Waals surface area contributed by atoms with E-state index in [1.165, 1.54) is 0 Å². The van der Waals surface area contributed by atoms with E-state index < -0.39 is 0 Å². The first-order valence-electron chi connectivity index (χ1n) is 8.94. The van der Waals surface area contributed by atoms with E-state index in [-0.39, 0.29) is 12.0 Å². The summed E-state index contributed by atoms with van der Waals surface area (Å²) in [6.45, 7) is 3.98. The van der Waals surface area contributed by atoms with Crippen LogP contribution in [0.25, 0.3) is 11.0 Å². The minimum atomic E-state index is -0.0403. The summed E-state index contributed by atoms with van der Waals surface area (Å²) in [6, 6.07) is 9.88.